The van der Waals surface area contributed by atoms with Crippen molar-refractivity contribution in [1.82, 2.24) is 15.3 Å². The fourth-order valence-corrected chi connectivity index (χ4v) is 4.06. The number of anilines is 2. The van der Waals surface area contributed by atoms with E-state index in [1.165, 1.54) is 36.7 Å². The molecule has 0 saturated heterocycles. The van der Waals surface area contributed by atoms with Crippen molar-refractivity contribution in [1.29, 1.82) is 0 Å². The number of hydrogen-bond acceptors (Lipinski definition) is 6. The lowest BCUT2D eigenvalue weighted by atomic mass is 10.1. The van der Waals surface area contributed by atoms with Crippen molar-refractivity contribution in [3.63, 3.8) is 0 Å². The van der Waals surface area contributed by atoms with E-state index in [9.17, 15) is 18.0 Å². The monoisotopic (exact) mass is 487 g/mol. The molecular weight excluding hydrogens is 466 g/mol. The average molecular weight is 488 g/mol. The number of rotatable bonds is 8. The van der Waals surface area contributed by atoms with Crippen LogP contribution in [0, 0.1) is 0 Å². The fourth-order valence-electron chi connectivity index (χ4n) is 3.10. The molecule has 1 heterocycles. The highest BCUT2D eigenvalue weighted by Crippen LogP contribution is 2.17. The summed E-state index contributed by atoms with van der Waals surface area (Å²) in [6.07, 6.45) is 2.85. The Hall–Kier alpha value is -4.57. The van der Waals surface area contributed by atoms with Crippen LogP contribution in [0.1, 0.15) is 26.3 Å². The van der Waals surface area contributed by atoms with Crippen LogP contribution in [0.3, 0.4) is 0 Å². The fraction of sp³-hybridized carbons (Fsp3) is 0.0400. The van der Waals surface area contributed by atoms with Gasteiger partial charge in [-0.15, -0.1) is 0 Å². The molecule has 0 aliphatic carbocycles. The lowest BCUT2D eigenvalue weighted by Crippen LogP contribution is -2.22. The van der Waals surface area contributed by atoms with E-state index in [1.54, 1.807) is 54.6 Å². The molecule has 0 aliphatic heterocycles. The third-order valence-corrected chi connectivity index (χ3v) is 6.26. The Bertz CT molecular complexity index is 1410. The summed E-state index contributed by atoms with van der Waals surface area (Å²) in [5.41, 5.74) is 2.27. The molecule has 0 unspecified atom stereocenters. The van der Waals surface area contributed by atoms with Crippen LogP contribution in [-0.4, -0.2) is 30.2 Å². The molecular formula is C25H21N5O4S. The first kappa shape index (κ1) is 23.6. The first-order valence-electron chi connectivity index (χ1n) is 10.5. The van der Waals surface area contributed by atoms with E-state index in [0.29, 0.717) is 23.4 Å². The zero-order chi connectivity index (χ0) is 24.7. The Morgan fingerprint density at radius 1 is 0.714 bits per heavy atom. The molecule has 176 valence electrons. The maximum Gasteiger partial charge on any atom is 0.264 e. The highest BCUT2D eigenvalue weighted by Gasteiger charge is 2.16. The summed E-state index contributed by atoms with van der Waals surface area (Å²) < 4.78 is 27.2. The first-order chi connectivity index (χ1) is 16.9. The minimum Gasteiger partial charge on any atom is -0.348 e. The summed E-state index contributed by atoms with van der Waals surface area (Å²) in [6, 6.07) is 23.0. The van der Waals surface area contributed by atoms with E-state index in [2.05, 4.69) is 25.3 Å². The van der Waals surface area contributed by atoms with Crippen LogP contribution in [0.15, 0.2) is 102 Å². The van der Waals surface area contributed by atoms with Gasteiger partial charge < -0.3 is 10.6 Å². The van der Waals surface area contributed by atoms with Gasteiger partial charge in [-0.05, 0) is 60.2 Å². The quantitative estimate of drug-likeness (QED) is 0.349. The Morgan fingerprint density at radius 3 is 2.00 bits per heavy atom. The smallest absolute Gasteiger partial charge is 0.264 e. The Labute approximate surface area is 202 Å². The molecule has 0 spiro atoms. The van der Waals surface area contributed by atoms with Crippen molar-refractivity contribution in [3.05, 3.63) is 114 Å². The normalized spacial score (nSPS) is 10.9. The van der Waals surface area contributed by atoms with Crippen LogP contribution in [0.25, 0.3) is 0 Å². The molecule has 9 nitrogen and oxygen atoms in total. The maximum absolute atomic E-state index is 12.6. The van der Waals surface area contributed by atoms with Crippen LogP contribution >= 0.6 is 0 Å². The van der Waals surface area contributed by atoms with Crippen molar-refractivity contribution in [2.75, 3.05) is 10.0 Å². The third kappa shape index (κ3) is 6.27. The van der Waals surface area contributed by atoms with Gasteiger partial charge in [0.25, 0.3) is 21.8 Å². The second-order valence-electron chi connectivity index (χ2n) is 7.40. The zero-order valence-electron chi connectivity index (χ0n) is 18.4. The van der Waals surface area contributed by atoms with Crippen LogP contribution in [0.4, 0.5) is 11.6 Å². The largest absolute Gasteiger partial charge is 0.348 e. The molecule has 1 aromatic heterocycles. The zero-order valence-corrected chi connectivity index (χ0v) is 19.2. The van der Waals surface area contributed by atoms with Crippen molar-refractivity contribution in [2.24, 2.45) is 0 Å². The summed E-state index contributed by atoms with van der Waals surface area (Å²) in [4.78, 5) is 32.4. The Morgan fingerprint density at radius 2 is 1.34 bits per heavy atom. The molecule has 0 fully saturated rings. The van der Waals surface area contributed by atoms with E-state index >= 15 is 0 Å². The minimum atomic E-state index is -3.86. The Balaban J connectivity index is 1.33. The van der Waals surface area contributed by atoms with Gasteiger partial charge in [-0.25, -0.2) is 23.1 Å². The number of sulfonamides is 1. The van der Waals surface area contributed by atoms with Crippen LogP contribution in [0.2, 0.25) is 0 Å². The maximum atomic E-state index is 12.6. The van der Waals surface area contributed by atoms with Gasteiger partial charge in [0.1, 0.15) is 0 Å². The predicted molar refractivity (Wildman–Crippen MR) is 131 cm³/mol. The van der Waals surface area contributed by atoms with E-state index in [4.69, 9.17) is 0 Å². The molecule has 4 rings (SSSR count). The van der Waals surface area contributed by atoms with E-state index in [1.807, 2.05) is 6.07 Å². The molecule has 4 aromatic rings. The lowest BCUT2D eigenvalue weighted by molar-refractivity contribution is 0.0949. The van der Waals surface area contributed by atoms with Gasteiger partial charge in [0.05, 0.1) is 4.90 Å². The van der Waals surface area contributed by atoms with Gasteiger partial charge in [-0.2, -0.15) is 0 Å². The second kappa shape index (κ2) is 10.6. The van der Waals surface area contributed by atoms with Crippen LogP contribution in [-0.2, 0) is 16.6 Å². The van der Waals surface area contributed by atoms with E-state index in [-0.39, 0.29) is 22.7 Å². The number of aromatic nitrogens is 2. The molecule has 0 atom stereocenters. The molecule has 10 heteroatoms. The van der Waals surface area contributed by atoms with Crippen LogP contribution in [0.5, 0.6) is 0 Å². The van der Waals surface area contributed by atoms with Gasteiger partial charge in [-0.1, -0.05) is 30.3 Å². The highest BCUT2D eigenvalue weighted by atomic mass is 32.2. The molecule has 0 aliphatic rings. The summed E-state index contributed by atoms with van der Waals surface area (Å²) in [5, 5.41) is 5.56. The molecule has 3 aromatic carbocycles. The van der Waals surface area contributed by atoms with Gasteiger partial charge in [0.2, 0.25) is 5.95 Å². The molecule has 0 bridgehead atoms. The van der Waals surface area contributed by atoms with Gasteiger partial charge in [0, 0.05) is 35.8 Å². The number of carbonyl (C=O) groups excluding carboxylic acids is 2. The number of nitrogens with zero attached hydrogens (tertiary/aromatic N) is 2. The standard InChI is InChI=1S/C25H21N5O4S/c31-23(19-5-2-1-3-6-19)28-17-18-7-9-20(10-8-18)24(32)29-21-11-13-22(14-12-21)35(33,34)30-25-26-15-4-16-27-25/h1-16H,17H2,(H,28,31)(H,29,32)(H,26,27,30). The molecule has 0 saturated carbocycles. The third-order valence-electron chi connectivity index (χ3n) is 4.92. The van der Waals surface area contributed by atoms with Gasteiger partial charge >= 0.3 is 0 Å². The Kier molecular flexibility index (Phi) is 7.12. The topological polar surface area (TPSA) is 130 Å². The number of hydrogen-bond donors (Lipinski definition) is 3. The highest BCUT2D eigenvalue weighted by molar-refractivity contribution is 7.92. The van der Waals surface area contributed by atoms with E-state index < -0.39 is 10.0 Å². The van der Waals surface area contributed by atoms with Crippen molar-refractivity contribution in [3.8, 4) is 0 Å². The first-order valence-corrected chi connectivity index (χ1v) is 12.0. The summed E-state index contributed by atoms with van der Waals surface area (Å²) >= 11 is 0. The minimum absolute atomic E-state index is 0.00450. The SMILES string of the molecule is O=C(NCc1ccc(C(=O)Nc2ccc(S(=O)(=O)Nc3ncccn3)cc2)cc1)c1ccccc1. The van der Waals surface area contributed by atoms with Gasteiger partial charge in [-0.3, -0.25) is 9.59 Å². The van der Waals surface area contributed by atoms with Gasteiger partial charge in [0.15, 0.2) is 0 Å². The summed E-state index contributed by atoms with van der Waals surface area (Å²) in [5.74, 6) is -0.561. The number of carbonyl (C=O) groups is 2. The average Bonchev–Trinajstić information content (AvgIpc) is 2.89. The van der Waals surface area contributed by atoms with Crippen molar-refractivity contribution >= 4 is 33.5 Å². The molecule has 2 amide bonds. The predicted octanol–water partition coefficient (Wildman–Crippen LogP) is 3.46. The van der Waals surface area contributed by atoms with Crippen molar-refractivity contribution in [2.45, 2.75) is 11.4 Å². The lowest BCUT2D eigenvalue weighted by Gasteiger charge is -2.09. The molecule has 35 heavy (non-hydrogen) atoms. The van der Waals surface area contributed by atoms with Crippen LogP contribution < -0.4 is 15.4 Å². The molecule has 3 N–H and O–H groups in total. The number of benzene rings is 3. The number of amides is 2. The van der Waals surface area contributed by atoms with E-state index in [0.717, 1.165) is 5.56 Å². The molecule has 0 radical (unpaired) electrons. The summed E-state index contributed by atoms with van der Waals surface area (Å²) in [6.45, 7) is 0.327. The number of nitrogens with one attached hydrogen (secondary N) is 3. The van der Waals surface area contributed by atoms with Crippen molar-refractivity contribution < 1.29 is 18.0 Å². The summed E-state index contributed by atoms with van der Waals surface area (Å²) in [7, 11) is -3.86. The second-order valence-corrected chi connectivity index (χ2v) is 9.08.